The highest BCUT2D eigenvalue weighted by Gasteiger charge is 2.34. The number of methoxy groups -OCH3 is 1. The molecule has 0 radical (unpaired) electrons. The van der Waals surface area contributed by atoms with E-state index in [0.717, 1.165) is 5.69 Å². The van der Waals surface area contributed by atoms with E-state index in [1.807, 2.05) is 0 Å². The number of benzene rings is 1. The molecule has 2 heterocycles. The van der Waals surface area contributed by atoms with E-state index in [9.17, 15) is 9.59 Å². The zero-order valence-corrected chi connectivity index (χ0v) is 14.7. The molecule has 2 N–H and O–H groups in total. The van der Waals surface area contributed by atoms with Crippen molar-refractivity contribution >= 4 is 29.2 Å². The number of esters is 1. The number of anilines is 1. The fourth-order valence-electron chi connectivity index (χ4n) is 2.69. The molecule has 1 aliphatic heterocycles. The third-order valence-corrected chi connectivity index (χ3v) is 4.26. The molecule has 1 aromatic carbocycles. The van der Waals surface area contributed by atoms with E-state index in [1.165, 1.54) is 12.0 Å². The molecule has 26 heavy (non-hydrogen) atoms. The minimum Gasteiger partial charge on any atom is -0.466 e. The minimum absolute atomic E-state index is 0.0786. The quantitative estimate of drug-likeness (QED) is 0.735. The zero-order valence-electron chi connectivity index (χ0n) is 14.0. The number of aliphatic hydroxyl groups is 1. The van der Waals surface area contributed by atoms with Crippen LogP contribution >= 0.6 is 11.6 Å². The second kappa shape index (κ2) is 7.59. The summed E-state index contributed by atoms with van der Waals surface area (Å²) >= 11 is 6.32. The number of imidazole rings is 1. The average molecular weight is 377 g/mol. The zero-order chi connectivity index (χ0) is 18.7. The van der Waals surface area contributed by atoms with Crippen molar-refractivity contribution in [1.29, 1.82) is 0 Å². The molecule has 0 saturated heterocycles. The van der Waals surface area contributed by atoms with Crippen molar-refractivity contribution in [2.75, 3.05) is 32.1 Å². The van der Waals surface area contributed by atoms with Gasteiger partial charge in [-0.2, -0.15) is 0 Å². The van der Waals surface area contributed by atoms with Crippen molar-refractivity contribution in [3.8, 4) is 5.69 Å². The summed E-state index contributed by atoms with van der Waals surface area (Å²) < 4.78 is 6.51. The molecule has 1 aliphatic rings. The fraction of sp³-hybridized carbons (Fsp3) is 0.235. The van der Waals surface area contributed by atoms with Gasteiger partial charge in [-0.1, -0.05) is 11.6 Å². The van der Waals surface area contributed by atoms with Crippen molar-refractivity contribution in [3.05, 3.63) is 53.2 Å². The number of carbonyl (C=O) groups excluding carboxylic acids is 2. The Morgan fingerprint density at radius 2 is 2.27 bits per heavy atom. The lowest BCUT2D eigenvalue weighted by Crippen LogP contribution is -2.31. The van der Waals surface area contributed by atoms with Gasteiger partial charge in [0.15, 0.2) is 0 Å². The molecule has 3 rings (SSSR count). The summed E-state index contributed by atoms with van der Waals surface area (Å²) in [6.45, 7) is 0.0129. The summed E-state index contributed by atoms with van der Waals surface area (Å²) in [7, 11) is 1.25. The van der Waals surface area contributed by atoms with Crippen LogP contribution in [-0.4, -0.2) is 58.2 Å². The first-order valence-corrected chi connectivity index (χ1v) is 8.19. The number of nitrogens with one attached hydrogen (secondary N) is 1. The summed E-state index contributed by atoms with van der Waals surface area (Å²) in [5, 5.41) is 12.5. The Balaban J connectivity index is 1.89. The molecule has 0 aliphatic carbocycles. The van der Waals surface area contributed by atoms with Crippen LogP contribution in [0.2, 0.25) is 5.02 Å². The molecular formula is C17H17ClN4O4. The van der Waals surface area contributed by atoms with Gasteiger partial charge in [-0.15, -0.1) is 0 Å². The minimum atomic E-state index is -0.595. The van der Waals surface area contributed by atoms with E-state index < -0.39 is 5.97 Å². The average Bonchev–Trinajstić information content (AvgIpc) is 3.26. The normalized spacial score (nSPS) is 14.1. The van der Waals surface area contributed by atoms with E-state index in [-0.39, 0.29) is 36.9 Å². The van der Waals surface area contributed by atoms with Crippen LogP contribution in [0, 0.1) is 0 Å². The molecule has 0 spiro atoms. The number of aromatic nitrogens is 2. The van der Waals surface area contributed by atoms with E-state index in [2.05, 4.69) is 10.3 Å². The number of hydrogen-bond acceptors (Lipinski definition) is 6. The Morgan fingerprint density at radius 1 is 1.46 bits per heavy atom. The number of β-amino-alcohol motifs (C(OH)–C–C–N with tert-alkyl or cyclic N) is 1. The Hall–Kier alpha value is -2.84. The van der Waals surface area contributed by atoms with Gasteiger partial charge in [0.2, 0.25) is 0 Å². The second-order valence-electron chi connectivity index (χ2n) is 5.56. The number of halogens is 1. The van der Waals surface area contributed by atoms with Crippen LogP contribution in [0.4, 0.5) is 5.69 Å². The van der Waals surface area contributed by atoms with E-state index in [1.54, 1.807) is 41.5 Å². The molecular weight excluding hydrogens is 360 g/mol. The smallest absolute Gasteiger partial charge is 0.337 e. The predicted octanol–water partition coefficient (Wildman–Crippen LogP) is 1.20. The van der Waals surface area contributed by atoms with Gasteiger partial charge in [-0.05, 0) is 18.2 Å². The van der Waals surface area contributed by atoms with Gasteiger partial charge in [0, 0.05) is 24.6 Å². The van der Waals surface area contributed by atoms with Crippen LogP contribution < -0.4 is 5.32 Å². The topological polar surface area (TPSA) is 96.7 Å². The molecule has 8 nitrogen and oxygen atoms in total. The molecule has 0 fully saturated rings. The molecule has 0 atom stereocenters. The lowest BCUT2D eigenvalue weighted by atomic mass is 10.2. The van der Waals surface area contributed by atoms with Gasteiger partial charge in [-0.3, -0.25) is 4.79 Å². The third-order valence-electron chi connectivity index (χ3n) is 3.95. The van der Waals surface area contributed by atoms with Crippen LogP contribution in [0.3, 0.4) is 0 Å². The molecule has 136 valence electrons. The van der Waals surface area contributed by atoms with Gasteiger partial charge in [0.05, 0.1) is 42.9 Å². The maximum atomic E-state index is 12.5. The number of carbonyl (C=O) groups is 2. The van der Waals surface area contributed by atoms with Gasteiger partial charge >= 0.3 is 5.97 Å². The molecule has 1 amide bonds. The predicted molar refractivity (Wildman–Crippen MR) is 94.9 cm³/mol. The van der Waals surface area contributed by atoms with Crippen molar-refractivity contribution in [3.63, 3.8) is 0 Å². The summed E-state index contributed by atoms with van der Waals surface area (Å²) in [4.78, 5) is 29.8. The lowest BCUT2D eigenvalue weighted by Gasteiger charge is -2.15. The summed E-state index contributed by atoms with van der Waals surface area (Å²) in [5.41, 5.74) is 1.61. The molecule has 1 aromatic heterocycles. The van der Waals surface area contributed by atoms with Gasteiger partial charge in [-0.25, -0.2) is 9.78 Å². The van der Waals surface area contributed by atoms with Crippen molar-refractivity contribution in [2.45, 2.75) is 0 Å². The van der Waals surface area contributed by atoms with Crippen molar-refractivity contribution in [2.24, 2.45) is 0 Å². The first-order valence-electron chi connectivity index (χ1n) is 7.81. The summed E-state index contributed by atoms with van der Waals surface area (Å²) in [5.74, 6) is -0.975. The van der Waals surface area contributed by atoms with Crippen LogP contribution in [0.25, 0.3) is 5.69 Å². The Bertz CT molecular complexity index is 864. The number of rotatable bonds is 6. The standard InChI is InChI=1S/C17H17ClN4O4/c1-26-17(25)12-9-21(6-7-23)16(24)15(12)20-11-2-3-14(13(18)8-11)22-5-4-19-10-22/h2-5,8,10,20,23H,6-7,9H2,1H3. The highest BCUT2D eigenvalue weighted by Crippen LogP contribution is 2.27. The Kier molecular flexibility index (Phi) is 5.24. The van der Waals surface area contributed by atoms with Gasteiger partial charge in [0.1, 0.15) is 5.70 Å². The molecule has 9 heteroatoms. The maximum absolute atomic E-state index is 12.5. The van der Waals surface area contributed by atoms with Crippen LogP contribution in [0.15, 0.2) is 48.2 Å². The first-order chi connectivity index (χ1) is 12.5. The van der Waals surface area contributed by atoms with Gasteiger partial charge < -0.3 is 24.6 Å². The van der Waals surface area contributed by atoms with Crippen LogP contribution in [0.1, 0.15) is 0 Å². The first kappa shape index (κ1) is 18.0. The van der Waals surface area contributed by atoms with Crippen LogP contribution in [-0.2, 0) is 14.3 Å². The largest absolute Gasteiger partial charge is 0.466 e. The molecule has 0 bridgehead atoms. The maximum Gasteiger partial charge on any atom is 0.337 e. The third kappa shape index (κ3) is 3.42. The van der Waals surface area contributed by atoms with Crippen molar-refractivity contribution in [1.82, 2.24) is 14.5 Å². The fourth-order valence-corrected chi connectivity index (χ4v) is 2.97. The van der Waals surface area contributed by atoms with Gasteiger partial charge in [0.25, 0.3) is 5.91 Å². The van der Waals surface area contributed by atoms with Crippen molar-refractivity contribution < 1.29 is 19.4 Å². The number of hydrogen-bond donors (Lipinski definition) is 2. The van der Waals surface area contributed by atoms with E-state index in [0.29, 0.717) is 10.7 Å². The number of ether oxygens (including phenoxy) is 1. The second-order valence-corrected chi connectivity index (χ2v) is 5.96. The Labute approximate surface area is 154 Å². The van der Waals surface area contributed by atoms with E-state index in [4.69, 9.17) is 21.4 Å². The number of aliphatic hydroxyl groups excluding tert-OH is 1. The molecule has 0 saturated carbocycles. The van der Waals surface area contributed by atoms with Crippen LogP contribution in [0.5, 0.6) is 0 Å². The molecule has 0 unspecified atom stereocenters. The van der Waals surface area contributed by atoms with E-state index >= 15 is 0 Å². The monoisotopic (exact) mass is 376 g/mol. The highest BCUT2D eigenvalue weighted by atomic mass is 35.5. The summed E-state index contributed by atoms with van der Waals surface area (Å²) in [6.07, 6.45) is 5.03. The number of amides is 1. The number of nitrogens with zero attached hydrogens (tertiary/aromatic N) is 3. The summed E-state index contributed by atoms with van der Waals surface area (Å²) in [6, 6.07) is 5.17. The molecule has 2 aromatic rings. The SMILES string of the molecule is COC(=O)C1=C(Nc2ccc(-n3ccnc3)c(Cl)c2)C(=O)N(CCO)C1. The lowest BCUT2D eigenvalue weighted by molar-refractivity contribution is -0.136. The Morgan fingerprint density at radius 3 is 2.88 bits per heavy atom. The highest BCUT2D eigenvalue weighted by molar-refractivity contribution is 6.32.